The molecule has 3 nitrogen and oxygen atoms in total. The Hall–Kier alpha value is -2.29. The first-order valence-electron chi connectivity index (χ1n) is 7.27. The van der Waals surface area contributed by atoms with Gasteiger partial charge >= 0.3 is 5.97 Å². The van der Waals surface area contributed by atoms with Gasteiger partial charge in [0.2, 0.25) is 0 Å². The van der Waals surface area contributed by atoms with Gasteiger partial charge in [-0.1, -0.05) is 18.2 Å². The van der Waals surface area contributed by atoms with Crippen LogP contribution in [0.1, 0.15) is 39.0 Å². The molecule has 2 aromatic carbocycles. The number of nitrogen functional groups attached to an aromatic ring is 1. The number of fused-ring (bicyclic) bond motifs is 1. The summed E-state index contributed by atoms with van der Waals surface area (Å²) in [6.45, 7) is 2.22. The van der Waals surface area contributed by atoms with Crippen molar-refractivity contribution >= 4 is 11.7 Å². The van der Waals surface area contributed by atoms with Crippen LogP contribution in [0.25, 0.3) is 0 Å². The number of benzene rings is 2. The van der Waals surface area contributed by atoms with Crippen LogP contribution in [0.15, 0.2) is 36.4 Å². The molecule has 0 spiro atoms. The highest BCUT2D eigenvalue weighted by molar-refractivity contribution is 5.90. The first-order chi connectivity index (χ1) is 10.1. The van der Waals surface area contributed by atoms with Crippen LogP contribution in [-0.2, 0) is 24.2 Å². The summed E-state index contributed by atoms with van der Waals surface area (Å²) in [5, 5.41) is 0. The predicted molar refractivity (Wildman–Crippen MR) is 83.2 cm³/mol. The summed E-state index contributed by atoms with van der Waals surface area (Å²) in [7, 11) is 0. The molecule has 0 unspecified atom stereocenters. The van der Waals surface area contributed by atoms with Crippen molar-refractivity contribution in [2.45, 2.75) is 32.8 Å². The number of hydrogen-bond donors (Lipinski definition) is 1. The molecule has 0 saturated carbocycles. The van der Waals surface area contributed by atoms with Gasteiger partial charge in [0.05, 0.1) is 5.56 Å². The number of rotatable bonds is 3. The van der Waals surface area contributed by atoms with Crippen LogP contribution in [-0.4, -0.2) is 5.97 Å². The minimum atomic E-state index is -0.328. The number of carbonyl (C=O) groups excluding carboxylic acids is 1. The summed E-state index contributed by atoms with van der Waals surface area (Å²) in [6, 6.07) is 11.6. The number of ether oxygens (including phenoxy) is 1. The molecule has 3 rings (SSSR count). The largest absolute Gasteiger partial charge is 0.457 e. The molecule has 1 aliphatic carbocycles. The Kier molecular flexibility index (Phi) is 3.65. The maximum atomic E-state index is 12.1. The van der Waals surface area contributed by atoms with Crippen molar-refractivity contribution in [2.24, 2.45) is 0 Å². The molecule has 1 aliphatic rings. The molecule has 0 heterocycles. The SMILES string of the molecule is Cc1cc(N)cc(C(=O)OCc2ccc3c(c2)CCC3)c1. The number of hydrogen-bond acceptors (Lipinski definition) is 3. The second-order valence-electron chi connectivity index (χ2n) is 5.67. The van der Waals surface area contributed by atoms with Crippen LogP contribution in [0.5, 0.6) is 0 Å². The maximum Gasteiger partial charge on any atom is 0.338 e. The molecule has 2 N–H and O–H groups in total. The molecule has 0 saturated heterocycles. The highest BCUT2D eigenvalue weighted by atomic mass is 16.5. The molecular formula is C18H19NO2. The number of nitrogens with two attached hydrogens (primary N) is 1. The Morgan fingerprint density at radius 3 is 2.76 bits per heavy atom. The van der Waals surface area contributed by atoms with Crippen LogP contribution < -0.4 is 5.73 Å². The average Bonchev–Trinajstić information content (AvgIpc) is 2.91. The van der Waals surface area contributed by atoms with Crippen molar-refractivity contribution in [1.29, 1.82) is 0 Å². The van der Waals surface area contributed by atoms with E-state index >= 15 is 0 Å². The van der Waals surface area contributed by atoms with Crippen LogP contribution in [0.4, 0.5) is 5.69 Å². The first-order valence-corrected chi connectivity index (χ1v) is 7.27. The fraction of sp³-hybridized carbons (Fsp3) is 0.278. The molecule has 0 amide bonds. The van der Waals surface area contributed by atoms with Crippen molar-refractivity contribution in [2.75, 3.05) is 5.73 Å². The zero-order valence-corrected chi connectivity index (χ0v) is 12.2. The molecule has 0 bridgehead atoms. The third kappa shape index (κ3) is 3.07. The minimum Gasteiger partial charge on any atom is -0.457 e. The molecule has 0 fully saturated rings. The van der Waals surface area contributed by atoms with Gasteiger partial charge in [-0.05, 0) is 66.6 Å². The van der Waals surface area contributed by atoms with E-state index in [4.69, 9.17) is 10.5 Å². The highest BCUT2D eigenvalue weighted by Crippen LogP contribution is 2.23. The lowest BCUT2D eigenvalue weighted by Gasteiger charge is -2.08. The van der Waals surface area contributed by atoms with E-state index in [0.29, 0.717) is 17.9 Å². The van der Waals surface area contributed by atoms with E-state index in [1.807, 2.05) is 19.1 Å². The molecule has 0 aliphatic heterocycles. The standard InChI is InChI=1S/C18H19NO2/c1-12-7-16(10-17(19)8-12)18(20)21-11-13-5-6-14-3-2-4-15(14)9-13/h5-10H,2-4,11,19H2,1H3. The highest BCUT2D eigenvalue weighted by Gasteiger charge is 2.12. The summed E-state index contributed by atoms with van der Waals surface area (Å²) in [5.74, 6) is -0.328. The van der Waals surface area contributed by atoms with Gasteiger partial charge in [0, 0.05) is 5.69 Å². The van der Waals surface area contributed by atoms with Crippen molar-refractivity contribution in [1.82, 2.24) is 0 Å². The monoisotopic (exact) mass is 281 g/mol. The molecule has 108 valence electrons. The van der Waals surface area contributed by atoms with Crippen molar-refractivity contribution in [3.63, 3.8) is 0 Å². The summed E-state index contributed by atoms with van der Waals surface area (Å²) >= 11 is 0. The maximum absolute atomic E-state index is 12.1. The normalized spacial score (nSPS) is 13.0. The van der Waals surface area contributed by atoms with E-state index in [1.54, 1.807) is 12.1 Å². The van der Waals surface area contributed by atoms with E-state index < -0.39 is 0 Å². The summed E-state index contributed by atoms with van der Waals surface area (Å²) < 4.78 is 5.39. The van der Waals surface area contributed by atoms with Crippen LogP contribution in [0.3, 0.4) is 0 Å². The van der Waals surface area contributed by atoms with E-state index in [0.717, 1.165) is 24.0 Å². The molecular weight excluding hydrogens is 262 g/mol. The van der Waals surface area contributed by atoms with E-state index in [1.165, 1.54) is 17.5 Å². The zero-order chi connectivity index (χ0) is 14.8. The Morgan fingerprint density at radius 2 is 1.95 bits per heavy atom. The second-order valence-corrected chi connectivity index (χ2v) is 5.67. The Balaban J connectivity index is 1.68. The topological polar surface area (TPSA) is 52.3 Å². The molecule has 0 radical (unpaired) electrons. The second kappa shape index (κ2) is 5.60. The quantitative estimate of drug-likeness (QED) is 0.692. The number of aryl methyl sites for hydroxylation is 3. The zero-order valence-electron chi connectivity index (χ0n) is 12.2. The fourth-order valence-corrected chi connectivity index (χ4v) is 2.88. The van der Waals surface area contributed by atoms with Gasteiger partial charge in [0.1, 0.15) is 6.61 Å². The smallest absolute Gasteiger partial charge is 0.338 e. The Labute approximate surface area is 124 Å². The van der Waals surface area contributed by atoms with Crippen molar-refractivity contribution < 1.29 is 9.53 Å². The first kappa shape index (κ1) is 13.7. The Morgan fingerprint density at radius 1 is 1.14 bits per heavy atom. The minimum absolute atomic E-state index is 0.306. The van der Waals surface area contributed by atoms with E-state index in [2.05, 4.69) is 12.1 Å². The molecule has 21 heavy (non-hydrogen) atoms. The number of esters is 1. The number of anilines is 1. The lowest BCUT2D eigenvalue weighted by molar-refractivity contribution is 0.0472. The van der Waals surface area contributed by atoms with E-state index in [9.17, 15) is 4.79 Å². The van der Waals surface area contributed by atoms with Gasteiger partial charge in [-0.3, -0.25) is 0 Å². The molecule has 2 aromatic rings. The van der Waals surface area contributed by atoms with Gasteiger partial charge in [-0.15, -0.1) is 0 Å². The van der Waals surface area contributed by atoms with E-state index in [-0.39, 0.29) is 5.97 Å². The van der Waals surface area contributed by atoms with Gasteiger partial charge in [-0.2, -0.15) is 0 Å². The van der Waals surface area contributed by atoms with Crippen LogP contribution in [0, 0.1) is 6.92 Å². The predicted octanol–water partition coefficient (Wildman–Crippen LogP) is 3.42. The van der Waals surface area contributed by atoms with Gasteiger partial charge in [0.15, 0.2) is 0 Å². The van der Waals surface area contributed by atoms with Crippen LogP contribution >= 0.6 is 0 Å². The van der Waals surface area contributed by atoms with Gasteiger partial charge in [-0.25, -0.2) is 4.79 Å². The summed E-state index contributed by atoms with van der Waals surface area (Å²) in [6.07, 6.45) is 3.52. The Bertz CT molecular complexity index is 671. The summed E-state index contributed by atoms with van der Waals surface area (Å²) in [4.78, 5) is 12.1. The molecule has 3 heteroatoms. The fourth-order valence-electron chi connectivity index (χ4n) is 2.88. The van der Waals surface area contributed by atoms with Crippen molar-refractivity contribution in [3.05, 3.63) is 64.2 Å². The number of carbonyl (C=O) groups is 1. The molecule has 0 aromatic heterocycles. The van der Waals surface area contributed by atoms with Gasteiger partial charge < -0.3 is 10.5 Å². The third-order valence-corrected chi connectivity index (χ3v) is 3.87. The summed E-state index contributed by atoms with van der Waals surface area (Å²) in [5.41, 5.74) is 11.7. The third-order valence-electron chi connectivity index (χ3n) is 3.87. The van der Waals surface area contributed by atoms with Crippen LogP contribution in [0.2, 0.25) is 0 Å². The lowest BCUT2D eigenvalue weighted by Crippen LogP contribution is -2.06. The molecule has 0 atom stereocenters. The lowest BCUT2D eigenvalue weighted by atomic mass is 10.1. The van der Waals surface area contributed by atoms with Crippen molar-refractivity contribution in [3.8, 4) is 0 Å². The van der Waals surface area contributed by atoms with Gasteiger partial charge in [0.25, 0.3) is 0 Å². The average molecular weight is 281 g/mol.